The van der Waals surface area contributed by atoms with E-state index in [4.69, 9.17) is 4.74 Å². The molecule has 0 radical (unpaired) electrons. The van der Waals surface area contributed by atoms with Crippen LogP contribution in [0.4, 0.5) is 5.69 Å². The van der Waals surface area contributed by atoms with Crippen molar-refractivity contribution in [3.8, 4) is 5.75 Å². The zero-order valence-corrected chi connectivity index (χ0v) is 11.2. The Morgan fingerprint density at radius 2 is 1.83 bits per heavy atom. The van der Waals surface area contributed by atoms with Gasteiger partial charge in [0, 0.05) is 18.6 Å². The van der Waals surface area contributed by atoms with Crippen molar-refractivity contribution in [3.05, 3.63) is 24.3 Å². The first kappa shape index (κ1) is 12.8. The first-order valence-corrected chi connectivity index (χ1v) is 6.21. The van der Waals surface area contributed by atoms with Crippen LogP contribution in [0.3, 0.4) is 0 Å². The van der Waals surface area contributed by atoms with Gasteiger partial charge in [-0.15, -0.1) is 0 Å². The van der Waals surface area contributed by atoms with Gasteiger partial charge in [-0.3, -0.25) is 9.79 Å². The van der Waals surface area contributed by atoms with Gasteiger partial charge in [-0.2, -0.15) is 0 Å². The zero-order valence-electron chi connectivity index (χ0n) is 11.2. The molecule has 1 aliphatic carbocycles. The van der Waals surface area contributed by atoms with E-state index in [2.05, 4.69) is 18.8 Å². The van der Waals surface area contributed by atoms with Gasteiger partial charge in [-0.05, 0) is 36.1 Å². The summed E-state index contributed by atoms with van der Waals surface area (Å²) in [5.74, 6) is 1.11. The molecule has 1 fully saturated rings. The molecule has 0 heterocycles. The normalized spacial score (nSPS) is 21.1. The lowest BCUT2D eigenvalue weighted by molar-refractivity contribution is -0.120. The second kappa shape index (κ2) is 4.92. The van der Waals surface area contributed by atoms with Gasteiger partial charge < -0.3 is 4.74 Å². The number of hydrogen-bond donors (Lipinski definition) is 0. The Morgan fingerprint density at radius 1 is 1.17 bits per heavy atom. The molecule has 3 nitrogen and oxygen atoms in total. The van der Waals surface area contributed by atoms with E-state index in [1.54, 1.807) is 7.11 Å². The van der Waals surface area contributed by atoms with Crippen LogP contribution in [-0.4, -0.2) is 18.6 Å². The summed E-state index contributed by atoms with van der Waals surface area (Å²) < 4.78 is 5.11. The highest BCUT2D eigenvalue weighted by atomic mass is 16.5. The predicted molar refractivity (Wildman–Crippen MR) is 72.7 cm³/mol. The average molecular weight is 245 g/mol. The molecule has 0 atom stereocenters. The number of ether oxygens (including phenoxy) is 1. The molecule has 1 aromatic rings. The Labute approximate surface area is 108 Å². The summed E-state index contributed by atoms with van der Waals surface area (Å²) in [6, 6.07) is 7.60. The lowest BCUT2D eigenvalue weighted by Crippen LogP contribution is -2.28. The topological polar surface area (TPSA) is 38.7 Å². The molecule has 0 bridgehead atoms. The van der Waals surface area contributed by atoms with Gasteiger partial charge in [-0.1, -0.05) is 13.8 Å². The van der Waals surface area contributed by atoms with Crippen molar-refractivity contribution in [2.24, 2.45) is 10.4 Å². The molecule has 0 spiro atoms. The maximum Gasteiger partial charge on any atom is 0.139 e. The lowest BCUT2D eigenvalue weighted by atomic mass is 9.76. The molecule has 96 valence electrons. The molecule has 0 N–H and O–H groups in total. The fourth-order valence-electron chi connectivity index (χ4n) is 2.42. The van der Waals surface area contributed by atoms with Crippen molar-refractivity contribution in [1.82, 2.24) is 0 Å². The van der Waals surface area contributed by atoms with Gasteiger partial charge in [0.1, 0.15) is 11.5 Å². The minimum absolute atomic E-state index is 0.0423. The first-order valence-electron chi connectivity index (χ1n) is 6.21. The third-order valence-corrected chi connectivity index (χ3v) is 3.12. The Hall–Kier alpha value is -1.64. The highest BCUT2D eigenvalue weighted by Crippen LogP contribution is 2.33. The van der Waals surface area contributed by atoms with Crippen molar-refractivity contribution in [1.29, 1.82) is 0 Å². The molecule has 0 amide bonds. The van der Waals surface area contributed by atoms with Crippen LogP contribution in [0.5, 0.6) is 5.75 Å². The largest absolute Gasteiger partial charge is 0.497 e. The number of nitrogens with zero attached hydrogens (tertiary/aromatic N) is 1. The second-order valence-corrected chi connectivity index (χ2v) is 5.61. The molecule has 3 heteroatoms. The Balaban J connectivity index is 2.18. The van der Waals surface area contributed by atoms with Crippen LogP contribution in [0.1, 0.15) is 33.1 Å². The third kappa shape index (κ3) is 3.19. The molecular weight excluding hydrogens is 226 g/mol. The standard InChI is InChI=1S/C15H19NO2/c1-15(2)9-12(8-13(17)10-15)16-11-4-6-14(18-3)7-5-11/h4-7H,8-10H2,1-3H3. The summed E-state index contributed by atoms with van der Waals surface area (Å²) in [7, 11) is 1.64. The van der Waals surface area contributed by atoms with Gasteiger partial charge in [0.2, 0.25) is 0 Å². The molecule has 2 rings (SSSR count). The minimum Gasteiger partial charge on any atom is -0.497 e. The van der Waals surface area contributed by atoms with E-state index in [0.29, 0.717) is 18.6 Å². The maximum atomic E-state index is 11.7. The first-order chi connectivity index (χ1) is 8.48. The van der Waals surface area contributed by atoms with E-state index >= 15 is 0 Å². The Morgan fingerprint density at radius 3 is 2.39 bits per heavy atom. The van der Waals surface area contributed by atoms with Gasteiger partial charge in [-0.25, -0.2) is 0 Å². The van der Waals surface area contributed by atoms with Crippen molar-refractivity contribution >= 4 is 17.2 Å². The summed E-state index contributed by atoms with van der Waals surface area (Å²) in [6.07, 6.45) is 2.05. The quantitative estimate of drug-likeness (QED) is 0.799. The van der Waals surface area contributed by atoms with Gasteiger partial charge in [0.15, 0.2) is 0 Å². The van der Waals surface area contributed by atoms with Crippen molar-refractivity contribution in [2.75, 3.05) is 7.11 Å². The highest BCUT2D eigenvalue weighted by molar-refractivity contribution is 6.05. The predicted octanol–water partition coefficient (Wildman–Crippen LogP) is 3.55. The second-order valence-electron chi connectivity index (χ2n) is 5.61. The van der Waals surface area contributed by atoms with Crippen LogP contribution < -0.4 is 4.74 Å². The number of hydrogen-bond acceptors (Lipinski definition) is 3. The number of aliphatic imine (C=N–C) groups is 1. The van der Waals surface area contributed by atoms with Gasteiger partial charge in [0.25, 0.3) is 0 Å². The number of carbonyl (C=O) groups excluding carboxylic acids is 1. The monoisotopic (exact) mass is 245 g/mol. The summed E-state index contributed by atoms with van der Waals surface area (Å²) in [5, 5.41) is 0. The molecule has 1 aliphatic rings. The summed E-state index contributed by atoms with van der Waals surface area (Å²) in [4.78, 5) is 16.3. The highest BCUT2D eigenvalue weighted by Gasteiger charge is 2.30. The third-order valence-electron chi connectivity index (χ3n) is 3.12. The molecule has 1 saturated carbocycles. The lowest BCUT2D eigenvalue weighted by Gasteiger charge is -2.29. The minimum atomic E-state index is 0.0423. The molecule has 0 aromatic heterocycles. The van der Waals surface area contributed by atoms with Gasteiger partial charge >= 0.3 is 0 Å². The fraction of sp³-hybridized carbons (Fsp3) is 0.467. The van der Waals surface area contributed by atoms with Crippen LogP contribution in [0, 0.1) is 5.41 Å². The number of rotatable bonds is 2. The van der Waals surface area contributed by atoms with Crippen molar-refractivity contribution in [3.63, 3.8) is 0 Å². The van der Waals surface area contributed by atoms with Crippen LogP contribution in [-0.2, 0) is 4.79 Å². The SMILES string of the molecule is COc1ccc(N=C2CC(=O)CC(C)(C)C2)cc1. The van der Waals surface area contributed by atoms with E-state index in [0.717, 1.165) is 23.6 Å². The van der Waals surface area contributed by atoms with E-state index in [1.807, 2.05) is 24.3 Å². The molecule has 0 saturated heterocycles. The van der Waals surface area contributed by atoms with Crippen LogP contribution in [0.15, 0.2) is 29.3 Å². The van der Waals surface area contributed by atoms with E-state index < -0.39 is 0 Å². The molecule has 1 aromatic carbocycles. The average Bonchev–Trinajstić information content (AvgIpc) is 2.27. The zero-order chi connectivity index (χ0) is 13.2. The van der Waals surface area contributed by atoms with Crippen molar-refractivity contribution < 1.29 is 9.53 Å². The van der Waals surface area contributed by atoms with E-state index in [9.17, 15) is 4.79 Å². The molecular formula is C15H19NO2. The Kier molecular flexibility index (Phi) is 3.50. The summed E-state index contributed by atoms with van der Waals surface area (Å²) >= 11 is 0. The number of carbonyl (C=O) groups is 1. The molecule has 0 unspecified atom stereocenters. The summed E-state index contributed by atoms with van der Waals surface area (Å²) in [6.45, 7) is 4.24. The summed E-state index contributed by atoms with van der Waals surface area (Å²) in [5.41, 5.74) is 1.92. The van der Waals surface area contributed by atoms with Crippen molar-refractivity contribution in [2.45, 2.75) is 33.1 Å². The van der Waals surface area contributed by atoms with Crippen LogP contribution in [0.2, 0.25) is 0 Å². The smallest absolute Gasteiger partial charge is 0.139 e. The van der Waals surface area contributed by atoms with Gasteiger partial charge in [0.05, 0.1) is 12.8 Å². The van der Waals surface area contributed by atoms with Crippen LogP contribution in [0.25, 0.3) is 0 Å². The number of ketones is 1. The van der Waals surface area contributed by atoms with E-state index in [1.165, 1.54) is 0 Å². The van der Waals surface area contributed by atoms with E-state index in [-0.39, 0.29) is 5.41 Å². The van der Waals surface area contributed by atoms with Crippen LogP contribution >= 0.6 is 0 Å². The number of Topliss-reactive ketones (excluding diaryl/α,β-unsaturated/α-hetero) is 1. The number of methoxy groups -OCH3 is 1. The maximum absolute atomic E-state index is 11.7. The number of benzene rings is 1. The fourth-order valence-corrected chi connectivity index (χ4v) is 2.42. The molecule has 18 heavy (non-hydrogen) atoms. The Bertz CT molecular complexity index is 472. The molecule has 0 aliphatic heterocycles.